The molecule has 0 aliphatic carbocycles. The quantitative estimate of drug-likeness (QED) is 0.789. The van der Waals surface area contributed by atoms with Crippen molar-refractivity contribution in [3.63, 3.8) is 0 Å². The molecule has 0 radical (unpaired) electrons. The molecule has 1 atom stereocenters. The highest BCUT2D eigenvalue weighted by molar-refractivity contribution is 5.85. The minimum atomic E-state index is 0.0184. The van der Waals surface area contributed by atoms with Crippen LogP contribution in [0.1, 0.15) is 25.5 Å². The van der Waals surface area contributed by atoms with Gasteiger partial charge in [-0.15, -0.1) is 0 Å². The number of rotatable bonds is 2. The molecule has 1 aromatic heterocycles. The monoisotopic (exact) mass is 204 g/mol. The van der Waals surface area contributed by atoms with Crippen LogP contribution in [0.5, 0.6) is 5.75 Å². The Bertz CT molecular complexity index is 486. The van der Waals surface area contributed by atoms with Crippen LogP contribution < -0.4 is 5.73 Å². The number of nitrogens with two attached hydrogens (primary N) is 1. The zero-order valence-corrected chi connectivity index (χ0v) is 9.07. The fourth-order valence-electron chi connectivity index (χ4n) is 1.93. The smallest absolute Gasteiger partial charge is 0.117 e. The third-order valence-corrected chi connectivity index (χ3v) is 2.73. The van der Waals surface area contributed by atoms with Crippen LogP contribution in [0.2, 0.25) is 0 Å². The van der Waals surface area contributed by atoms with Gasteiger partial charge in [-0.1, -0.05) is 0 Å². The van der Waals surface area contributed by atoms with Crippen LogP contribution in [-0.4, -0.2) is 9.67 Å². The minimum Gasteiger partial charge on any atom is -0.508 e. The highest BCUT2D eigenvalue weighted by Crippen LogP contribution is 2.28. The van der Waals surface area contributed by atoms with Gasteiger partial charge in [0.05, 0.1) is 5.52 Å². The Morgan fingerprint density at radius 1 is 1.47 bits per heavy atom. The van der Waals surface area contributed by atoms with Crippen LogP contribution in [-0.2, 0) is 6.54 Å². The van der Waals surface area contributed by atoms with Crippen LogP contribution in [0.25, 0.3) is 10.9 Å². The van der Waals surface area contributed by atoms with Crippen molar-refractivity contribution in [2.75, 3.05) is 0 Å². The van der Waals surface area contributed by atoms with Crippen molar-refractivity contribution in [2.24, 2.45) is 5.73 Å². The molecule has 0 aliphatic rings. The van der Waals surface area contributed by atoms with Crippen molar-refractivity contribution >= 4 is 10.9 Å². The summed E-state index contributed by atoms with van der Waals surface area (Å²) in [5.74, 6) is 0.298. The number of hydrogen-bond donors (Lipinski definition) is 2. The van der Waals surface area contributed by atoms with Gasteiger partial charge in [0.1, 0.15) is 5.75 Å². The summed E-state index contributed by atoms with van der Waals surface area (Å²) in [6.07, 6.45) is 2.06. The van der Waals surface area contributed by atoms with Crippen LogP contribution >= 0.6 is 0 Å². The lowest BCUT2D eigenvalue weighted by Crippen LogP contribution is -2.03. The molecule has 2 aromatic rings. The highest BCUT2D eigenvalue weighted by atomic mass is 16.3. The molecule has 0 aliphatic heterocycles. The maximum atomic E-state index is 9.45. The molecular weight excluding hydrogens is 188 g/mol. The van der Waals surface area contributed by atoms with Gasteiger partial charge in [-0.05, 0) is 31.5 Å². The molecule has 0 bridgehead atoms. The van der Waals surface area contributed by atoms with E-state index in [1.165, 1.54) is 0 Å². The first-order valence-corrected chi connectivity index (χ1v) is 5.20. The third-order valence-electron chi connectivity index (χ3n) is 2.73. The van der Waals surface area contributed by atoms with E-state index in [4.69, 9.17) is 5.73 Å². The molecule has 3 N–H and O–H groups in total. The van der Waals surface area contributed by atoms with Crippen molar-refractivity contribution in [1.29, 1.82) is 0 Å². The number of aromatic nitrogens is 1. The number of phenols is 1. The zero-order chi connectivity index (χ0) is 11.0. The average Bonchev–Trinajstić information content (AvgIpc) is 2.55. The van der Waals surface area contributed by atoms with Crippen molar-refractivity contribution in [2.45, 2.75) is 26.4 Å². The lowest BCUT2D eigenvalue weighted by molar-refractivity contribution is 0.476. The Balaban J connectivity index is 2.75. The van der Waals surface area contributed by atoms with E-state index in [-0.39, 0.29) is 6.04 Å². The summed E-state index contributed by atoms with van der Waals surface area (Å²) < 4.78 is 2.10. The molecule has 15 heavy (non-hydrogen) atoms. The van der Waals surface area contributed by atoms with Crippen molar-refractivity contribution in [3.05, 3.63) is 30.0 Å². The topological polar surface area (TPSA) is 51.2 Å². The molecule has 2 rings (SSSR count). The Hall–Kier alpha value is -1.48. The molecule has 3 heteroatoms. The van der Waals surface area contributed by atoms with Gasteiger partial charge in [-0.2, -0.15) is 0 Å². The molecule has 1 aromatic carbocycles. The first kappa shape index (κ1) is 10.1. The number of aromatic hydroxyl groups is 1. The number of fused-ring (bicyclic) bond motifs is 1. The summed E-state index contributed by atoms with van der Waals surface area (Å²) in [4.78, 5) is 0. The van der Waals surface area contributed by atoms with Crippen molar-refractivity contribution in [3.8, 4) is 5.75 Å². The summed E-state index contributed by atoms with van der Waals surface area (Å²) in [6.45, 7) is 4.93. The Morgan fingerprint density at radius 3 is 2.80 bits per heavy atom. The number of aryl methyl sites for hydroxylation is 1. The summed E-state index contributed by atoms with van der Waals surface area (Å²) in [5.41, 5.74) is 8.09. The van der Waals surface area contributed by atoms with Gasteiger partial charge in [-0.25, -0.2) is 0 Å². The predicted octanol–water partition coefficient (Wildman–Crippen LogP) is 2.39. The highest BCUT2D eigenvalue weighted by Gasteiger charge is 2.10. The van der Waals surface area contributed by atoms with E-state index in [0.29, 0.717) is 5.75 Å². The Labute approximate surface area is 89.1 Å². The number of nitrogens with zero attached hydrogens (tertiary/aromatic N) is 1. The van der Waals surface area contributed by atoms with Gasteiger partial charge in [0.25, 0.3) is 0 Å². The van der Waals surface area contributed by atoms with Gasteiger partial charge >= 0.3 is 0 Å². The number of hydrogen-bond acceptors (Lipinski definition) is 2. The van der Waals surface area contributed by atoms with E-state index >= 15 is 0 Å². The fraction of sp³-hybridized carbons (Fsp3) is 0.333. The zero-order valence-electron chi connectivity index (χ0n) is 9.07. The second-order valence-electron chi connectivity index (χ2n) is 3.86. The Morgan fingerprint density at radius 2 is 2.20 bits per heavy atom. The molecule has 0 spiro atoms. The van der Waals surface area contributed by atoms with Gasteiger partial charge in [0.2, 0.25) is 0 Å². The summed E-state index contributed by atoms with van der Waals surface area (Å²) in [7, 11) is 0. The van der Waals surface area contributed by atoms with Crippen LogP contribution in [0.4, 0.5) is 0 Å². The molecule has 0 saturated heterocycles. The Kier molecular flexibility index (Phi) is 2.40. The summed E-state index contributed by atoms with van der Waals surface area (Å²) >= 11 is 0. The SMILES string of the molecule is CCn1cc(C(C)N)c2ccc(O)cc21. The molecule has 1 unspecified atom stereocenters. The van der Waals surface area contributed by atoms with Gasteiger partial charge in [0, 0.05) is 30.2 Å². The van der Waals surface area contributed by atoms with E-state index in [9.17, 15) is 5.11 Å². The molecule has 0 saturated carbocycles. The molecular formula is C12H16N2O. The molecule has 0 amide bonds. The number of benzene rings is 1. The predicted molar refractivity (Wildman–Crippen MR) is 61.9 cm³/mol. The van der Waals surface area contributed by atoms with Crippen molar-refractivity contribution < 1.29 is 5.11 Å². The van der Waals surface area contributed by atoms with Crippen molar-refractivity contribution in [1.82, 2.24) is 4.57 Å². The maximum Gasteiger partial charge on any atom is 0.117 e. The second kappa shape index (κ2) is 3.59. The summed E-state index contributed by atoms with van der Waals surface area (Å²) in [6, 6.07) is 5.43. The van der Waals surface area contributed by atoms with Gasteiger partial charge < -0.3 is 15.4 Å². The lowest BCUT2D eigenvalue weighted by Gasteiger charge is -2.01. The van der Waals surface area contributed by atoms with E-state index in [1.54, 1.807) is 12.1 Å². The van der Waals surface area contributed by atoms with Crippen LogP contribution in [0, 0.1) is 0 Å². The number of phenolic OH excluding ortho intramolecular Hbond substituents is 1. The van der Waals surface area contributed by atoms with Gasteiger partial charge in [0.15, 0.2) is 0 Å². The first-order valence-electron chi connectivity index (χ1n) is 5.20. The normalized spacial score (nSPS) is 13.3. The lowest BCUT2D eigenvalue weighted by atomic mass is 10.1. The molecule has 80 valence electrons. The molecule has 1 heterocycles. The summed E-state index contributed by atoms with van der Waals surface area (Å²) in [5, 5.41) is 10.6. The average molecular weight is 204 g/mol. The van der Waals surface area contributed by atoms with E-state index in [0.717, 1.165) is 23.0 Å². The second-order valence-corrected chi connectivity index (χ2v) is 3.86. The van der Waals surface area contributed by atoms with Gasteiger partial charge in [-0.3, -0.25) is 0 Å². The standard InChI is InChI=1S/C12H16N2O/c1-3-14-7-11(8(2)13)10-5-4-9(15)6-12(10)14/h4-8,15H,3,13H2,1-2H3. The first-order chi connectivity index (χ1) is 7.13. The van der Waals surface area contributed by atoms with E-state index < -0.39 is 0 Å². The largest absolute Gasteiger partial charge is 0.508 e. The maximum absolute atomic E-state index is 9.45. The third kappa shape index (κ3) is 1.59. The fourth-order valence-corrected chi connectivity index (χ4v) is 1.93. The minimum absolute atomic E-state index is 0.0184. The van der Waals surface area contributed by atoms with E-state index in [1.807, 2.05) is 13.0 Å². The van der Waals surface area contributed by atoms with Crippen LogP contribution in [0.15, 0.2) is 24.4 Å². The molecule has 3 nitrogen and oxygen atoms in total. The molecule has 0 fully saturated rings. The van der Waals surface area contributed by atoms with Crippen LogP contribution in [0.3, 0.4) is 0 Å². The van der Waals surface area contributed by atoms with E-state index in [2.05, 4.69) is 17.7 Å².